The molecule has 2 heterocycles. The zero-order valence-corrected chi connectivity index (χ0v) is 14.5. The van der Waals surface area contributed by atoms with Gasteiger partial charge in [0.1, 0.15) is 5.75 Å². The summed E-state index contributed by atoms with van der Waals surface area (Å²) in [5.41, 5.74) is 1.09. The Morgan fingerprint density at radius 1 is 1.29 bits per heavy atom. The van der Waals surface area contributed by atoms with E-state index in [1.165, 1.54) is 11.8 Å². The molecule has 3 rings (SSSR count). The fourth-order valence-corrected chi connectivity index (χ4v) is 2.89. The summed E-state index contributed by atoms with van der Waals surface area (Å²) < 4.78 is 12.2. The number of ether oxygens (including phenoxy) is 1. The van der Waals surface area contributed by atoms with E-state index in [0.717, 1.165) is 17.7 Å². The van der Waals surface area contributed by atoms with Gasteiger partial charge in [0.2, 0.25) is 11.0 Å². The van der Waals surface area contributed by atoms with Crippen LogP contribution in [0.25, 0.3) is 0 Å². The molecule has 0 spiro atoms. The average molecular weight is 346 g/mol. The summed E-state index contributed by atoms with van der Waals surface area (Å²) in [6.07, 6.45) is 0.746. The standard InChI is InChI=1S/C15H18N6O2S/c1-4-13-16-14(23-18-13)10(2)24-15-17-19-20-21(15)9-11-5-7-12(22-3)8-6-11/h5-8,10H,4,9H2,1-3H3. The molecule has 2 aromatic heterocycles. The third-order valence-corrected chi connectivity index (χ3v) is 4.48. The van der Waals surface area contributed by atoms with Crippen LogP contribution in [-0.2, 0) is 13.0 Å². The Balaban J connectivity index is 1.70. The SMILES string of the molecule is CCc1noc(C(C)Sc2nnnn2Cc2ccc(OC)cc2)n1. The van der Waals surface area contributed by atoms with Crippen LogP contribution in [0.2, 0.25) is 0 Å². The van der Waals surface area contributed by atoms with Gasteiger partial charge in [-0.05, 0) is 35.0 Å². The lowest BCUT2D eigenvalue weighted by atomic mass is 10.2. The number of methoxy groups -OCH3 is 1. The van der Waals surface area contributed by atoms with E-state index in [2.05, 4.69) is 25.7 Å². The predicted molar refractivity (Wildman–Crippen MR) is 87.9 cm³/mol. The summed E-state index contributed by atoms with van der Waals surface area (Å²) >= 11 is 1.49. The minimum atomic E-state index is -0.0292. The summed E-state index contributed by atoms with van der Waals surface area (Å²) in [5, 5.41) is 16.5. The summed E-state index contributed by atoms with van der Waals surface area (Å²) in [7, 11) is 1.65. The fourth-order valence-electron chi connectivity index (χ4n) is 2.07. The maximum absolute atomic E-state index is 5.28. The first kappa shape index (κ1) is 16.4. The van der Waals surface area contributed by atoms with Gasteiger partial charge in [0.25, 0.3) is 0 Å². The molecule has 0 N–H and O–H groups in total. The molecule has 0 radical (unpaired) electrons. The number of hydrogen-bond donors (Lipinski definition) is 0. The number of hydrogen-bond acceptors (Lipinski definition) is 8. The number of aryl methyl sites for hydroxylation is 1. The Hall–Kier alpha value is -2.42. The van der Waals surface area contributed by atoms with E-state index in [1.54, 1.807) is 11.8 Å². The van der Waals surface area contributed by atoms with Gasteiger partial charge < -0.3 is 9.26 Å². The van der Waals surface area contributed by atoms with Gasteiger partial charge in [-0.1, -0.05) is 36.0 Å². The number of rotatable bonds is 7. The molecule has 1 unspecified atom stereocenters. The van der Waals surface area contributed by atoms with E-state index >= 15 is 0 Å². The van der Waals surface area contributed by atoms with Gasteiger partial charge in [0.05, 0.1) is 18.9 Å². The molecule has 1 aromatic carbocycles. The van der Waals surface area contributed by atoms with Crippen molar-refractivity contribution in [3.8, 4) is 5.75 Å². The first-order valence-corrected chi connectivity index (χ1v) is 8.45. The Labute approximate surface area is 143 Å². The summed E-state index contributed by atoms with van der Waals surface area (Å²) in [6, 6.07) is 7.81. The molecule has 0 amide bonds. The molecule has 0 fully saturated rings. The second kappa shape index (κ2) is 7.43. The van der Waals surface area contributed by atoms with Crippen molar-refractivity contribution in [3.05, 3.63) is 41.5 Å². The largest absolute Gasteiger partial charge is 0.497 e. The highest BCUT2D eigenvalue weighted by Crippen LogP contribution is 2.32. The molecule has 0 saturated carbocycles. The van der Waals surface area contributed by atoms with Crippen LogP contribution in [0.5, 0.6) is 5.75 Å². The second-order valence-electron chi connectivity index (χ2n) is 5.13. The summed E-state index contributed by atoms with van der Waals surface area (Å²) in [5.74, 6) is 2.10. The molecular weight excluding hydrogens is 328 g/mol. The quantitative estimate of drug-likeness (QED) is 0.603. The number of benzene rings is 1. The molecule has 0 bridgehead atoms. The first-order chi connectivity index (χ1) is 11.7. The van der Waals surface area contributed by atoms with Gasteiger partial charge in [-0.2, -0.15) is 4.98 Å². The van der Waals surface area contributed by atoms with Crippen molar-refractivity contribution in [2.75, 3.05) is 7.11 Å². The minimum absolute atomic E-state index is 0.0292. The van der Waals surface area contributed by atoms with E-state index in [9.17, 15) is 0 Å². The van der Waals surface area contributed by atoms with E-state index < -0.39 is 0 Å². The lowest BCUT2D eigenvalue weighted by molar-refractivity contribution is 0.375. The second-order valence-corrected chi connectivity index (χ2v) is 6.44. The van der Waals surface area contributed by atoms with E-state index in [0.29, 0.717) is 23.4 Å². The fraction of sp³-hybridized carbons (Fsp3) is 0.400. The van der Waals surface area contributed by atoms with Crippen LogP contribution in [0.4, 0.5) is 0 Å². The van der Waals surface area contributed by atoms with Gasteiger partial charge in [0, 0.05) is 6.42 Å². The number of tetrazole rings is 1. The Bertz CT molecular complexity index is 785. The molecule has 24 heavy (non-hydrogen) atoms. The molecule has 1 atom stereocenters. The molecule has 0 aliphatic heterocycles. The van der Waals surface area contributed by atoms with E-state index in [-0.39, 0.29) is 5.25 Å². The summed E-state index contributed by atoms with van der Waals surface area (Å²) in [6.45, 7) is 4.56. The highest BCUT2D eigenvalue weighted by atomic mass is 32.2. The molecule has 8 nitrogen and oxygen atoms in total. The topological polar surface area (TPSA) is 91.8 Å². The third kappa shape index (κ3) is 3.73. The van der Waals surface area contributed by atoms with Crippen molar-refractivity contribution in [2.45, 2.75) is 37.2 Å². The molecule has 0 aliphatic carbocycles. The minimum Gasteiger partial charge on any atom is -0.497 e. The molecule has 0 saturated heterocycles. The lowest BCUT2D eigenvalue weighted by Gasteiger charge is -2.07. The Morgan fingerprint density at radius 2 is 2.08 bits per heavy atom. The molecule has 126 valence electrons. The van der Waals surface area contributed by atoms with E-state index in [1.807, 2.05) is 38.1 Å². The van der Waals surface area contributed by atoms with Crippen LogP contribution >= 0.6 is 11.8 Å². The maximum atomic E-state index is 5.28. The average Bonchev–Trinajstić information content (AvgIpc) is 3.25. The van der Waals surface area contributed by atoms with Crippen molar-refractivity contribution < 1.29 is 9.26 Å². The molecule has 3 aromatic rings. The zero-order valence-electron chi connectivity index (χ0n) is 13.7. The van der Waals surface area contributed by atoms with Gasteiger partial charge in [-0.15, -0.1) is 5.10 Å². The predicted octanol–water partition coefficient (Wildman–Crippen LogP) is 2.53. The highest BCUT2D eigenvalue weighted by molar-refractivity contribution is 7.99. The van der Waals surface area contributed by atoms with E-state index in [4.69, 9.17) is 9.26 Å². The van der Waals surface area contributed by atoms with Crippen LogP contribution in [0.15, 0.2) is 33.9 Å². The van der Waals surface area contributed by atoms with Gasteiger partial charge >= 0.3 is 0 Å². The number of aromatic nitrogens is 6. The van der Waals surface area contributed by atoms with Crippen LogP contribution in [0.3, 0.4) is 0 Å². The zero-order chi connectivity index (χ0) is 16.9. The van der Waals surface area contributed by atoms with Crippen LogP contribution in [0, 0.1) is 0 Å². The summed E-state index contributed by atoms with van der Waals surface area (Å²) in [4.78, 5) is 4.35. The van der Waals surface area contributed by atoms with Gasteiger partial charge in [0.15, 0.2) is 5.82 Å². The Kier molecular flexibility index (Phi) is 5.09. The molecular formula is C15H18N6O2S. The number of nitrogens with zero attached hydrogens (tertiary/aromatic N) is 6. The van der Waals surface area contributed by atoms with Crippen molar-refractivity contribution in [3.63, 3.8) is 0 Å². The molecule has 9 heteroatoms. The van der Waals surface area contributed by atoms with Crippen LogP contribution in [-0.4, -0.2) is 37.5 Å². The van der Waals surface area contributed by atoms with Crippen LogP contribution in [0.1, 0.15) is 36.4 Å². The third-order valence-electron chi connectivity index (χ3n) is 3.42. The smallest absolute Gasteiger partial charge is 0.239 e. The maximum Gasteiger partial charge on any atom is 0.239 e. The van der Waals surface area contributed by atoms with Gasteiger partial charge in [-0.25, -0.2) is 4.68 Å². The van der Waals surface area contributed by atoms with Crippen LogP contribution < -0.4 is 4.74 Å². The van der Waals surface area contributed by atoms with Crippen molar-refractivity contribution >= 4 is 11.8 Å². The van der Waals surface area contributed by atoms with Crippen molar-refractivity contribution in [2.24, 2.45) is 0 Å². The first-order valence-electron chi connectivity index (χ1n) is 7.57. The number of thioether (sulfide) groups is 1. The van der Waals surface area contributed by atoms with Gasteiger partial charge in [-0.3, -0.25) is 0 Å². The monoisotopic (exact) mass is 346 g/mol. The lowest BCUT2D eigenvalue weighted by Crippen LogP contribution is -2.04. The van der Waals surface area contributed by atoms with Crippen molar-refractivity contribution in [1.82, 2.24) is 30.3 Å². The molecule has 0 aliphatic rings. The normalized spacial score (nSPS) is 12.3. The highest BCUT2D eigenvalue weighted by Gasteiger charge is 2.19. The Morgan fingerprint density at radius 3 is 2.75 bits per heavy atom. The van der Waals surface area contributed by atoms with Crippen molar-refractivity contribution in [1.29, 1.82) is 0 Å².